The summed E-state index contributed by atoms with van der Waals surface area (Å²) in [5.41, 5.74) is 0.879. The molecule has 3 aromatic rings. The average molecular weight is 609 g/mol. The van der Waals surface area contributed by atoms with Gasteiger partial charge in [0, 0.05) is 16.9 Å². The first kappa shape index (κ1) is 32.0. The van der Waals surface area contributed by atoms with Gasteiger partial charge in [-0.25, -0.2) is 9.59 Å². The highest BCUT2D eigenvalue weighted by molar-refractivity contribution is 6.02. The number of carbonyl (C=O) groups is 3. The molecule has 3 aromatic carbocycles. The molecule has 1 fully saturated rings. The summed E-state index contributed by atoms with van der Waals surface area (Å²) >= 11 is 0. The van der Waals surface area contributed by atoms with Gasteiger partial charge in [-0.05, 0) is 72.4 Å². The number of anilines is 2. The molecule has 12 heteroatoms. The number of hydrogen-bond acceptors (Lipinski definition) is 5. The maximum atomic E-state index is 13.6. The molecule has 0 spiro atoms. The second-order valence-corrected chi connectivity index (χ2v) is 10.6. The number of alkyl halides is 3. The third kappa shape index (κ3) is 8.35. The van der Waals surface area contributed by atoms with Crippen molar-refractivity contribution in [3.8, 4) is 6.07 Å². The topological polar surface area (TPSA) is 143 Å². The molecule has 1 saturated carbocycles. The molecule has 44 heavy (non-hydrogen) atoms. The second-order valence-electron chi connectivity index (χ2n) is 10.6. The molecule has 3 amide bonds. The van der Waals surface area contributed by atoms with Gasteiger partial charge in [0.15, 0.2) is 6.10 Å². The maximum absolute atomic E-state index is 13.6. The van der Waals surface area contributed by atoms with Crippen molar-refractivity contribution in [1.82, 2.24) is 5.32 Å². The molecule has 230 valence electrons. The molecule has 1 aliphatic carbocycles. The summed E-state index contributed by atoms with van der Waals surface area (Å²) in [6, 6.07) is 17.1. The number of carboxylic acid groups (broad SMARTS) is 1. The molecule has 1 atom stereocenters. The van der Waals surface area contributed by atoms with E-state index in [1.54, 1.807) is 30.3 Å². The number of benzene rings is 3. The van der Waals surface area contributed by atoms with Gasteiger partial charge in [-0.2, -0.15) is 18.4 Å². The zero-order chi connectivity index (χ0) is 31.9. The number of aliphatic hydroxyl groups is 1. The number of nitriles is 1. The number of halogens is 3. The predicted octanol–water partition coefficient (Wildman–Crippen LogP) is 6.04. The van der Waals surface area contributed by atoms with Crippen LogP contribution in [0.25, 0.3) is 0 Å². The second kappa shape index (κ2) is 14.1. The fourth-order valence-corrected chi connectivity index (χ4v) is 5.08. The molecular formula is C32H31F3N4O5. The molecule has 0 aromatic heterocycles. The Morgan fingerprint density at radius 3 is 2.23 bits per heavy atom. The van der Waals surface area contributed by atoms with Crippen LogP contribution in [0.2, 0.25) is 0 Å². The lowest BCUT2D eigenvalue weighted by molar-refractivity contribution is -0.146. The zero-order valence-electron chi connectivity index (χ0n) is 23.6. The first-order chi connectivity index (χ1) is 20.9. The SMILES string of the molecule is N#Cc1cc(NC(=O)N(Cc2ccc(C(=O)NCC(O)C(=O)O)cc2)c2ccc(C3CCCCC3)cc2)cc(C(F)(F)F)c1. The summed E-state index contributed by atoms with van der Waals surface area (Å²) in [4.78, 5) is 38.0. The van der Waals surface area contributed by atoms with Crippen LogP contribution < -0.4 is 15.5 Å². The van der Waals surface area contributed by atoms with Gasteiger partial charge in [0.05, 0.1) is 30.3 Å². The molecule has 4 rings (SSSR count). The van der Waals surface area contributed by atoms with E-state index in [2.05, 4.69) is 10.6 Å². The Hall–Kier alpha value is -4.89. The monoisotopic (exact) mass is 608 g/mol. The first-order valence-electron chi connectivity index (χ1n) is 14.0. The molecule has 0 bridgehead atoms. The number of aliphatic hydroxyl groups excluding tert-OH is 1. The molecule has 9 nitrogen and oxygen atoms in total. The fourth-order valence-electron chi connectivity index (χ4n) is 5.08. The molecule has 4 N–H and O–H groups in total. The highest BCUT2D eigenvalue weighted by Crippen LogP contribution is 2.34. The molecule has 0 saturated heterocycles. The van der Waals surface area contributed by atoms with Gasteiger partial charge in [0.1, 0.15) is 0 Å². The van der Waals surface area contributed by atoms with Crippen LogP contribution >= 0.6 is 0 Å². The quantitative estimate of drug-likeness (QED) is 0.233. The van der Waals surface area contributed by atoms with Gasteiger partial charge >= 0.3 is 18.2 Å². The van der Waals surface area contributed by atoms with Crippen molar-refractivity contribution in [1.29, 1.82) is 5.26 Å². The van der Waals surface area contributed by atoms with Crippen molar-refractivity contribution in [3.05, 3.63) is 94.5 Å². The maximum Gasteiger partial charge on any atom is 0.416 e. The summed E-state index contributed by atoms with van der Waals surface area (Å²) in [6.07, 6.45) is -0.814. The van der Waals surface area contributed by atoms with Gasteiger partial charge < -0.3 is 20.8 Å². The van der Waals surface area contributed by atoms with E-state index in [0.29, 0.717) is 23.2 Å². The molecule has 0 radical (unpaired) electrons. The Bertz CT molecular complexity index is 1530. The van der Waals surface area contributed by atoms with Crippen LogP contribution in [0.4, 0.5) is 29.3 Å². The van der Waals surface area contributed by atoms with E-state index >= 15 is 0 Å². The number of aliphatic carboxylic acids is 1. The Labute approximate surface area is 251 Å². The van der Waals surface area contributed by atoms with E-state index in [1.807, 2.05) is 12.1 Å². The summed E-state index contributed by atoms with van der Waals surface area (Å²) in [5, 5.41) is 32.2. The third-order valence-corrected chi connectivity index (χ3v) is 7.47. The van der Waals surface area contributed by atoms with Crippen molar-refractivity contribution in [2.45, 2.75) is 56.8 Å². The largest absolute Gasteiger partial charge is 0.479 e. The van der Waals surface area contributed by atoms with E-state index in [4.69, 9.17) is 5.11 Å². The predicted molar refractivity (Wildman–Crippen MR) is 156 cm³/mol. The number of carboxylic acids is 1. The number of hydrogen-bond donors (Lipinski definition) is 4. The van der Waals surface area contributed by atoms with Crippen molar-refractivity contribution in [2.75, 3.05) is 16.8 Å². The fraction of sp³-hybridized carbons (Fsp3) is 0.312. The van der Waals surface area contributed by atoms with Crippen LogP contribution in [0.3, 0.4) is 0 Å². The standard InChI is InChI=1S/C32H31F3N4O5/c33-32(34,35)25-14-21(17-36)15-26(16-25)38-31(44)39(27-12-10-23(11-13-27)22-4-2-1-3-5-22)19-20-6-8-24(9-7-20)29(41)37-18-28(40)30(42)43/h6-16,22,28,40H,1-5,18-19H2,(H,37,41)(H,38,44)(H,42,43). The minimum Gasteiger partial charge on any atom is -0.479 e. The number of rotatable bonds is 9. The smallest absolute Gasteiger partial charge is 0.416 e. The number of amides is 3. The van der Waals surface area contributed by atoms with Crippen LogP contribution in [-0.4, -0.2) is 40.8 Å². The summed E-state index contributed by atoms with van der Waals surface area (Å²) in [6.45, 7) is -0.498. The van der Waals surface area contributed by atoms with E-state index in [-0.39, 0.29) is 23.4 Å². The van der Waals surface area contributed by atoms with Crippen LogP contribution in [-0.2, 0) is 17.5 Å². The summed E-state index contributed by atoms with van der Waals surface area (Å²) in [7, 11) is 0. The van der Waals surface area contributed by atoms with Gasteiger partial charge in [-0.1, -0.05) is 43.5 Å². The van der Waals surface area contributed by atoms with Gasteiger partial charge in [0.2, 0.25) is 0 Å². The lowest BCUT2D eigenvalue weighted by Crippen LogP contribution is -2.36. The van der Waals surface area contributed by atoms with Crippen LogP contribution in [0, 0.1) is 11.3 Å². The summed E-state index contributed by atoms with van der Waals surface area (Å²) in [5.74, 6) is -1.66. The highest BCUT2D eigenvalue weighted by atomic mass is 19.4. The minimum absolute atomic E-state index is 0.0156. The number of carbonyl (C=O) groups excluding carboxylic acids is 2. The van der Waals surface area contributed by atoms with Crippen LogP contribution in [0.1, 0.15) is 70.6 Å². The average Bonchev–Trinajstić information content (AvgIpc) is 3.02. The number of urea groups is 1. The number of nitrogens with one attached hydrogen (secondary N) is 2. The molecular weight excluding hydrogens is 577 g/mol. The van der Waals surface area contributed by atoms with Crippen molar-refractivity contribution < 1.29 is 37.8 Å². The summed E-state index contributed by atoms with van der Waals surface area (Å²) < 4.78 is 40.3. The van der Waals surface area contributed by atoms with Gasteiger partial charge in [-0.15, -0.1) is 0 Å². The van der Waals surface area contributed by atoms with Gasteiger partial charge in [-0.3, -0.25) is 9.69 Å². The molecule has 1 unspecified atom stereocenters. The normalized spacial score (nSPS) is 14.2. The van der Waals surface area contributed by atoms with Crippen LogP contribution in [0.15, 0.2) is 66.7 Å². The van der Waals surface area contributed by atoms with E-state index in [0.717, 1.165) is 43.4 Å². The Balaban J connectivity index is 1.58. The van der Waals surface area contributed by atoms with Crippen molar-refractivity contribution in [2.24, 2.45) is 0 Å². The van der Waals surface area contributed by atoms with Crippen molar-refractivity contribution >= 4 is 29.3 Å². The highest BCUT2D eigenvalue weighted by Gasteiger charge is 2.31. The van der Waals surface area contributed by atoms with Crippen LogP contribution in [0.5, 0.6) is 0 Å². The first-order valence-corrected chi connectivity index (χ1v) is 14.0. The molecule has 0 heterocycles. The molecule has 1 aliphatic rings. The third-order valence-electron chi connectivity index (χ3n) is 7.47. The Morgan fingerprint density at radius 1 is 0.977 bits per heavy atom. The lowest BCUT2D eigenvalue weighted by atomic mass is 9.84. The van der Waals surface area contributed by atoms with E-state index in [9.17, 15) is 37.9 Å². The van der Waals surface area contributed by atoms with Crippen molar-refractivity contribution in [3.63, 3.8) is 0 Å². The lowest BCUT2D eigenvalue weighted by Gasteiger charge is -2.26. The minimum atomic E-state index is -4.72. The Morgan fingerprint density at radius 2 is 1.64 bits per heavy atom. The number of nitrogens with zero attached hydrogens (tertiary/aromatic N) is 2. The Kier molecular flexibility index (Phi) is 10.2. The van der Waals surface area contributed by atoms with E-state index in [1.165, 1.54) is 23.5 Å². The van der Waals surface area contributed by atoms with E-state index < -0.39 is 42.3 Å². The zero-order valence-corrected chi connectivity index (χ0v) is 23.6. The molecule has 0 aliphatic heterocycles. The van der Waals surface area contributed by atoms with Gasteiger partial charge in [0.25, 0.3) is 5.91 Å².